The molecule has 2 rings (SSSR count). The predicted octanol–water partition coefficient (Wildman–Crippen LogP) is 5.30. The molecule has 1 nitrogen and oxygen atoms in total. The standard InChI is InChI=1S/C14H13Cl2NS/c1-9-3-4-10(2)13(7-9)18-8-12-11(15)5-6-14(16)17-12/h3-7H,8H2,1-2H3. The first-order valence-corrected chi connectivity index (χ1v) is 7.31. The van der Waals surface area contributed by atoms with Crippen molar-refractivity contribution in [3.05, 3.63) is 57.3 Å². The number of aryl methyl sites for hydroxylation is 2. The highest BCUT2D eigenvalue weighted by molar-refractivity contribution is 7.98. The van der Waals surface area contributed by atoms with Crippen molar-refractivity contribution in [1.29, 1.82) is 0 Å². The fourth-order valence-electron chi connectivity index (χ4n) is 1.57. The Morgan fingerprint density at radius 3 is 2.67 bits per heavy atom. The summed E-state index contributed by atoms with van der Waals surface area (Å²) in [5.74, 6) is 0.726. The van der Waals surface area contributed by atoms with E-state index >= 15 is 0 Å². The van der Waals surface area contributed by atoms with E-state index in [0.29, 0.717) is 10.2 Å². The molecule has 18 heavy (non-hydrogen) atoms. The normalized spacial score (nSPS) is 10.7. The van der Waals surface area contributed by atoms with Crippen LogP contribution in [0.3, 0.4) is 0 Å². The van der Waals surface area contributed by atoms with Crippen LogP contribution in [0.25, 0.3) is 0 Å². The van der Waals surface area contributed by atoms with Gasteiger partial charge in [0.1, 0.15) is 5.15 Å². The van der Waals surface area contributed by atoms with Crippen LogP contribution < -0.4 is 0 Å². The Labute approximate surface area is 122 Å². The van der Waals surface area contributed by atoms with Crippen molar-refractivity contribution < 1.29 is 0 Å². The molecule has 0 aliphatic rings. The van der Waals surface area contributed by atoms with Gasteiger partial charge < -0.3 is 0 Å². The average Bonchev–Trinajstić information content (AvgIpc) is 2.34. The summed E-state index contributed by atoms with van der Waals surface area (Å²) in [4.78, 5) is 5.51. The van der Waals surface area contributed by atoms with Gasteiger partial charge in [-0.05, 0) is 37.6 Å². The SMILES string of the molecule is Cc1ccc(C)c(SCc2nc(Cl)ccc2Cl)c1. The third-order valence-electron chi connectivity index (χ3n) is 2.59. The molecule has 0 atom stereocenters. The molecule has 0 fully saturated rings. The van der Waals surface area contributed by atoms with Crippen molar-refractivity contribution in [2.24, 2.45) is 0 Å². The van der Waals surface area contributed by atoms with Crippen LogP contribution >= 0.6 is 35.0 Å². The number of rotatable bonds is 3. The third-order valence-corrected chi connectivity index (χ3v) is 4.32. The number of hydrogen-bond donors (Lipinski definition) is 0. The lowest BCUT2D eigenvalue weighted by molar-refractivity contribution is 1.17. The Balaban J connectivity index is 2.16. The zero-order chi connectivity index (χ0) is 13.1. The summed E-state index contributed by atoms with van der Waals surface area (Å²) >= 11 is 13.7. The van der Waals surface area contributed by atoms with Gasteiger partial charge in [0.05, 0.1) is 10.7 Å². The fourth-order valence-corrected chi connectivity index (χ4v) is 3.06. The number of aromatic nitrogens is 1. The van der Waals surface area contributed by atoms with Gasteiger partial charge in [-0.25, -0.2) is 4.98 Å². The van der Waals surface area contributed by atoms with E-state index in [1.807, 2.05) is 0 Å². The van der Waals surface area contributed by atoms with E-state index in [2.05, 4.69) is 37.0 Å². The molecule has 0 spiro atoms. The third kappa shape index (κ3) is 3.41. The minimum absolute atomic E-state index is 0.482. The molecule has 0 N–H and O–H groups in total. The molecule has 1 aromatic heterocycles. The Morgan fingerprint density at radius 2 is 1.89 bits per heavy atom. The van der Waals surface area contributed by atoms with Gasteiger partial charge in [-0.2, -0.15) is 0 Å². The van der Waals surface area contributed by atoms with Gasteiger partial charge in [0.15, 0.2) is 0 Å². The second-order valence-corrected chi connectivity index (χ2v) is 5.93. The highest BCUT2D eigenvalue weighted by Gasteiger charge is 2.06. The maximum absolute atomic E-state index is 6.10. The van der Waals surface area contributed by atoms with Crippen LogP contribution in [-0.2, 0) is 5.75 Å². The lowest BCUT2D eigenvalue weighted by Gasteiger charge is -2.07. The molecular weight excluding hydrogens is 285 g/mol. The fraction of sp³-hybridized carbons (Fsp3) is 0.214. The van der Waals surface area contributed by atoms with Gasteiger partial charge in [0.2, 0.25) is 0 Å². The van der Waals surface area contributed by atoms with Crippen LogP contribution in [-0.4, -0.2) is 4.98 Å². The first-order valence-electron chi connectivity index (χ1n) is 5.57. The molecule has 0 aliphatic carbocycles. The van der Waals surface area contributed by atoms with Crippen molar-refractivity contribution in [1.82, 2.24) is 4.98 Å². The molecule has 0 bridgehead atoms. The minimum atomic E-state index is 0.482. The van der Waals surface area contributed by atoms with E-state index in [1.54, 1.807) is 23.9 Å². The van der Waals surface area contributed by atoms with Crippen molar-refractivity contribution in [3.8, 4) is 0 Å². The molecule has 4 heteroatoms. The lowest BCUT2D eigenvalue weighted by atomic mass is 10.2. The zero-order valence-corrected chi connectivity index (χ0v) is 12.5. The van der Waals surface area contributed by atoms with E-state index < -0.39 is 0 Å². The van der Waals surface area contributed by atoms with Gasteiger partial charge >= 0.3 is 0 Å². The van der Waals surface area contributed by atoms with Crippen LogP contribution in [0, 0.1) is 13.8 Å². The number of nitrogens with zero attached hydrogens (tertiary/aromatic N) is 1. The summed E-state index contributed by atoms with van der Waals surface area (Å²) in [5.41, 5.74) is 3.35. The number of halogens is 2. The molecule has 0 saturated carbocycles. The molecule has 2 aromatic rings. The van der Waals surface area contributed by atoms with E-state index in [1.165, 1.54) is 16.0 Å². The summed E-state index contributed by atoms with van der Waals surface area (Å²) in [6.07, 6.45) is 0. The number of benzene rings is 1. The molecule has 94 valence electrons. The van der Waals surface area contributed by atoms with E-state index in [4.69, 9.17) is 23.2 Å². The molecule has 0 amide bonds. The van der Waals surface area contributed by atoms with E-state index in [0.717, 1.165) is 11.4 Å². The highest BCUT2D eigenvalue weighted by atomic mass is 35.5. The summed E-state index contributed by atoms with van der Waals surface area (Å²) in [5, 5.41) is 1.15. The highest BCUT2D eigenvalue weighted by Crippen LogP contribution is 2.29. The van der Waals surface area contributed by atoms with Gasteiger partial charge in [-0.15, -0.1) is 11.8 Å². The quantitative estimate of drug-likeness (QED) is 0.563. The molecule has 0 saturated heterocycles. The number of hydrogen-bond acceptors (Lipinski definition) is 2. The van der Waals surface area contributed by atoms with Gasteiger partial charge in [-0.1, -0.05) is 40.9 Å². The molecular formula is C14H13Cl2NS. The Kier molecular flexibility index (Phi) is 4.55. The van der Waals surface area contributed by atoms with Crippen LogP contribution in [0.1, 0.15) is 16.8 Å². The second-order valence-electron chi connectivity index (χ2n) is 4.12. The van der Waals surface area contributed by atoms with Crippen LogP contribution in [0.4, 0.5) is 0 Å². The maximum Gasteiger partial charge on any atom is 0.129 e. The molecule has 0 radical (unpaired) electrons. The van der Waals surface area contributed by atoms with E-state index in [9.17, 15) is 0 Å². The van der Waals surface area contributed by atoms with Crippen molar-refractivity contribution in [2.75, 3.05) is 0 Å². The summed E-state index contributed by atoms with van der Waals surface area (Å²) in [7, 11) is 0. The summed E-state index contributed by atoms with van der Waals surface area (Å²) < 4.78 is 0. The molecule has 1 heterocycles. The van der Waals surface area contributed by atoms with Crippen molar-refractivity contribution >= 4 is 35.0 Å². The number of pyridine rings is 1. The van der Waals surface area contributed by atoms with Crippen LogP contribution in [0.2, 0.25) is 10.2 Å². The Hall–Kier alpha value is -0.700. The largest absolute Gasteiger partial charge is 0.239 e. The summed E-state index contributed by atoms with van der Waals surface area (Å²) in [6, 6.07) is 9.92. The lowest BCUT2D eigenvalue weighted by Crippen LogP contribution is -1.90. The second kappa shape index (κ2) is 5.96. The first-order chi connectivity index (χ1) is 8.56. The first kappa shape index (κ1) is 13.7. The topological polar surface area (TPSA) is 12.9 Å². The van der Waals surface area contributed by atoms with Crippen LogP contribution in [0.15, 0.2) is 35.2 Å². The van der Waals surface area contributed by atoms with Crippen LogP contribution in [0.5, 0.6) is 0 Å². The monoisotopic (exact) mass is 297 g/mol. The maximum atomic E-state index is 6.10. The number of thioether (sulfide) groups is 1. The van der Waals surface area contributed by atoms with Gasteiger partial charge in [0, 0.05) is 10.6 Å². The molecule has 1 aromatic carbocycles. The Bertz CT molecular complexity index is 518. The average molecular weight is 298 g/mol. The smallest absolute Gasteiger partial charge is 0.129 e. The molecule has 0 aliphatic heterocycles. The van der Waals surface area contributed by atoms with Crippen molar-refractivity contribution in [3.63, 3.8) is 0 Å². The Morgan fingerprint density at radius 1 is 1.11 bits per heavy atom. The van der Waals surface area contributed by atoms with E-state index in [-0.39, 0.29) is 0 Å². The minimum Gasteiger partial charge on any atom is -0.239 e. The van der Waals surface area contributed by atoms with Gasteiger partial charge in [-0.3, -0.25) is 0 Å². The molecule has 0 unspecified atom stereocenters. The van der Waals surface area contributed by atoms with Crippen molar-refractivity contribution in [2.45, 2.75) is 24.5 Å². The summed E-state index contributed by atoms with van der Waals surface area (Å²) in [6.45, 7) is 4.20. The van der Waals surface area contributed by atoms with Gasteiger partial charge in [0.25, 0.3) is 0 Å². The zero-order valence-electron chi connectivity index (χ0n) is 10.2. The predicted molar refractivity (Wildman–Crippen MR) is 79.7 cm³/mol.